The molecule has 1 heterocycles. The third kappa shape index (κ3) is 3.70. The quantitative estimate of drug-likeness (QED) is 0.817. The van der Waals surface area contributed by atoms with Gasteiger partial charge in [0.2, 0.25) is 0 Å². The predicted molar refractivity (Wildman–Crippen MR) is 83.7 cm³/mol. The number of aromatic nitrogens is 1. The van der Waals surface area contributed by atoms with Gasteiger partial charge >= 0.3 is 0 Å². The number of thiazole rings is 1. The molecule has 2 aromatic rings. The molecule has 0 saturated heterocycles. The van der Waals surface area contributed by atoms with Crippen LogP contribution in [0.15, 0.2) is 29.6 Å². The number of nitrogens with zero attached hydrogens (tertiary/aromatic N) is 2. The Hall–Kier alpha value is -1.55. The van der Waals surface area contributed by atoms with E-state index in [-0.39, 0.29) is 0 Å². The van der Waals surface area contributed by atoms with Crippen LogP contribution in [-0.4, -0.2) is 11.5 Å². The first kappa shape index (κ1) is 13.9. The van der Waals surface area contributed by atoms with Gasteiger partial charge in [0, 0.05) is 24.2 Å². The minimum Gasteiger partial charge on any atom is -0.399 e. The Labute approximate surface area is 119 Å². The fourth-order valence-corrected chi connectivity index (χ4v) is 2.90. The maximum Gasteiger partial charge on any atom is 0.185 e. The standard InChI is InChI=1S/C15H21N3S/c1-3-9-18(15-17-14(4-2)11-19-15)10-12-5-7-13(16)8-6-12/h5-8,11H,3-4,9-10,16H2,1-2H3. The monoisotopic (exact) mass is 275 g/mol. The average molecular weight is 275 g/mol. The molecule has 19 heavy (non-hydrogen) atoms. The first-order valence-corrected chi connectivity index (χ1v) is 7.64. The van der Waals surface area contributed by atoms with Crippen molar-refractivity contribution in [1.29, 1.82) is 0 Å². The lowest BCUT2D eigenvalue weighted by atomic mass is 10.2. The molecule has 3 nitrogen and oxygen atoms in total. The molecule has 0 saturated carbocycles. The van der Waals surface area contributed by atoms with Crippen molar-refractivity contribution in [3.8, 4) is 0 Å². The van der Waals surface area contributed by atoms with Crippen LogP contribution in [0, 0.1) is 0 Å². The number of hydrogen-bond donors (Lipinski definition) is 1. The molecule has 2 rings (SSSR count). The van der Waals surface area contributed by atoms with E-state index in [9.17, 15) is 0 Å². The van der Waals surface area contributed by atoms with Gasteiger partial charge in [0.15, 0.2) is 5.13 Å². The highest BCUT2D eigenvalue weighted by atomic mass is 32.1. The molecule has 0 unspecified atom stereocenters. The van der Waals surface area contributed by atoms with Crippen LogP contribution >= 0.6 is 11.3 Å². The van der Waals surface area contributed by atoms with Gasteiger partial charge in [-0.25, -0.2) is 4.98 Å². The largest absolute Gasteiger partial charge is 0.399 e. The fraction of sp³-hybridized carbons (Fsp3) is 0.400. The van der Waals surface area contributed by atoms with Gasteiger partial charge in [0.05, 0.1) is 5.69 Å². The molecule has 0 atom stereocenters. The highest BCUT2D eigenvalue weighted by Gasteiger charge is 2.10. The second kappa shape index (κ2) is 6.57. The van der Waals surface area contributed by atoms with Crippen molar-refractivity contribution in [2.24, 2.45) is 0 Å². The van der Waals surface area contributed by atoms with E-state index in [0.29, 0.717) is 0 Å². The Kier molecular flexibility index (Phi) is 4.80. The van der Waals surface area contributed by atoms with Crippen LogP contribution in [0.4, 0.5) is 10.8 Å². The summed E-state index contributed by atoms with van der Waals surface area (Å²) < 4.78 is 0. The van der Waals surface area contributed by atoms with Crippen LogP contribution in [0.1, 0.15) is 31.5 Å². The van der Waals surface area contributed by atoms with Crippen LogP contribution in [-0.2, 0) is 13.0 Å². The molecular weight excluding hydrogens is 254 g/mol. The number of nitrogens with two attached hydrogens (primary N) is 1. The third-order valence-electron chi connectivity index (χ3n) is 3.02. The second-order valence-electron chi connectivity index (χ2n) is 4.64. The van der Waals surface area contributed by atoms with Crippen molar-refractivity contribution in [3.63, 3.8) is 0 Å². The van der Waals surface area contributed by atoms with Gasteiger partial charge in [0.1, 0.15) is 0 Å². The number of anilines is 2. The molecule has 0 aliphatic carbocycles. The summed E-state index contributed by atoms with van der Waals surface area (Å²) >= 11 is 1.73. The zero-order valence-corrected chi connectivity index (χ0v) is 12.4. The molecule has 2 N–H and O–H groups in total. The molecule has 0 spiro atoms. The second-order valence-corrected chi connectivity index (χ2v) is 5.47. The molecule has 0 bridgehead atoms. The first-order valence-electron chi connectivity index (χ1n) is 6.76. The van der Waals surface area contributed by atoms with Gasteiger partial charge in [-0.1, -0.05) is 26.0 Å². The van der Waals surface area contributed by atoms with Crippen LogP contribution in [0.5, 0.6) is 0 Å². The Morgan fingerprint density at radius 2 is 1.95 bits per heavy atom. The number of aryl methyl sites for hydroxylation is 1. The fourth-order valence-electron chi connectivity index (χ4n) is 1.96. The first-order chi connectivity index (χ1) is 9.22. The molecule has 1 aromatic carbocycles. The highest BCUT2D eigenvalue weighted by Crippen LogP contribution is 2.23. The van der Waals surface area contributed by atoms with Crippen molar-refractivity contribution in [1.82, 2.24) is 4.98 Å². The molecule has 0 radical (unpaired) electrons. The van der Waals surface area contributed by atoms with Gasteiger partial charge in [-0.15, -0.1) is 11.3 Å². The van der Waals surface area contributed by atoms with Gasteiger partial charge < -0.3 is 10.6 Å². The normalized spacial score (nSPS) is 10.6. The zero-order valence-electron chi connectivity index (χ0n) is 11.6. The summed E-state index contributed by atoms with van der Waals surface area (Å²) in [6.45, 7) is 6.26. The number of benzene rings is 1. The van der Waals surface area contributed by atoms with E-state index in [1.54, 1.807) is 11.3 Å². The van der Waals surface area contributed by atoms with Crippen molar-refractivity contribution in [2.75, 3.05) is 17.2 Å². The summed E-state index contributed by atoms with van der Waals surface area (Å²) in [6.07, 6.45) is 2.12. The SMILES string of the molecule is CCCN(Cc1ccc(N)cc1)c1nc(CC)cs1. The van der Waals surface area contributed by atoms with Gasteiger partial charge in [0.25, 0.3) is 0 Å². The summed E-state index contributed by atoms with van der Waals surface area (Å²) in [7, 11) is 0. The highest BCUT2D eigenvalue weighted by molar-refractivity contribution is 7.13. The van der Waals surface area contributed by atoms with Crippen molar-refractivity contribution < 1.29 is 0 Å². The Bertz CT molecular complexity index is 504. The summed E-state index contributed by atoms with van der Waals surface area (Å²) in [5.74, 6) is 0. The van der Waals surface area contributed by atoms with Crippen LogP contribution in [0.3, 0.4) is 0 Å². The Morgan fingerprint density at radius 1 is 1.21 bits per heavy atom. The lowest BCUT2D eigenvalue weighted by Crippen LogP contribution is -2.23. The van der Waals surface area contributed by atoms with E-state index in [1.807, 2.05) is 12.1 Å². The van der Waals surface area contributed by atoms with E-state index in [4.69, 9.17) is 5.73 Å². The van der Waals surface area contributed by atoms with Gasteiger partial charge in [-0.05, 0) is 30.5 Å². The average Bonchev–Trinajstić information content (AvgIpc) is 2.89. The molecule has 0 aliphatic heterocycles. The summed E-state index contributed by atoms with van der Waals surface area (Å²) in [5.41, 5.74) is 8.99. The summed E-state index contributed by atoms with van der Waals surface area (Å²) in [4.78, 5) is 7.02. The number of nitrogen functional groups attached to an aromatic ring is 1. The van der Waals surface area contributed by atoms with Crippen LogP contribution < -0.4 is 10.6 Å². The maximum absolute atomic E-state index is 5.72. The smallest absolute Gasteiger partial charge is 0.185 e. The third-order valence-corrected chi connectivity index (χ3v) is 3.97. The van der Waals surface area contributed by atoms with Gasteiger partial charge in [-0.2, -0.15) is 0 Å². The van der Waals surface area contributed by atoms with E-state index >= 15 is 0 Å². The van der Waals surface area contributed by atoms with E-state index in [2.05, 4.69) is 41.2 Å². The molecule has 0 amide bonds. The topological polar surface area (TPSA) is 42.1 Å². The van der Waals surface area contributed by atoms with Gasteiger partial charge in [-0.3, -0.25) is 0 Å². The van der Waals surface area contributed by atoms with E-state index < -0.39 is 0 Å². The molecule has 102 valence electrons. The maximum atomic E-state index is 5.72. The lowest BCUT2D eigenvalue weighted by molar-refractivity contribution is 0.761. The van der Waals surface area contributed by atoms with Crippen molar-refractivity contribution in [3.05, 3.63) is 40.9 Å². The molecule has 0 aliphatic rings. The number of hydrogen-bond acceptors (Lipinski definition) is 4. The summed E-state index contributed by atoms with van der Waals surface area (Å²) in [6, 6.07) is 8.09. The van der Waals surface area contributed by atoms with E-state index in [1.165, 1.54) is 11.3 Å². The molecule has 4 heteroatoms. The van der Waals surface area contributed by atoms with Crippen molar-refractivity contribution in [2.45, 2.75) is 33.2 Å². The molecular formula is C15H21N3S. The molecule has 0 fully saturated rings. The van der Waals surface area contributed by atoms with Crippen molar-refractivity contribution >= 4 is 22.2 Å². The van der Waals surface area contributed by atoms with E-state index in [0.717, 1.165) is 36.8 Å². The number of rotatable bonds is 6. The zero-order chi connectivity index (χ0) is 13.7. The van der Waals surface area contributed by atoms with Crippen LogP contribution in [0.25, 0.3) is 0 Å². The predicted octanol–water partition coefficient (Wildman–Crippen LogP) is 3.70. The minimum absolute atomic E-state index is 0.813. The Morgan fingerprint density at radius 3 is 2.53 bits per heavy atom. The lowest BCUT2D eigenvalue weighted by Gasteiger charge is -2.21. The Balaban J connectivity index is 2.13. The summed E-state index contributed by atoms with van der Waals surface area (Å²) in [5, 5.41) is 3.27. The van der Waals surface area contributed by atoms with Crippen LogP contribution in [0.2, 0.25) is 0 Å². The minimum atomic E-state index is 0.813. The molecule has 1 aromatic heterocycles.